The molecule has 1 saturated heterocycles. The first-order valence-corrected chi connectivity index (χ1v) is 8.97. The molecule has 5 heteroatoms. The number of furan rings is 1. The van der Waals surface area contributed by atoms with E-state index in [0.717, 1.165) is 37.1 Å². The normalized spacial score (nSPS) is 19.7. The predicted molar refractivity (Wildman–Crippen MR) is 95.8 cm³/mol. The Morgan fingerprint density at radius 1 is 1.35 bits per heavy atom. The third kappa shape index (κ3) is 7.08. The molecule has 0 amide bonds. The molecule has 0 radical (unpaired) electrons. The Hall–Kier alpha value is -1.49. The maximum absolute atomic E-state index is 5.32. The number of piperidine rings is 1. The van der Waals surface area contributed by atoms with Crippen molar-refractivity contribution in [3.05, 3.63) is 24.2 Å². The van der Waals surface area contributed by atoms with E-state index in [1.165, 1.54) is 45.3 Å². The number of unbranched alkanes of at least 4 members (excludes halogenated alkanes) is 1. The molecule has 0 bridgehead atoms. The molecule has 5 nitrogen and oxygen atoms in total. The Balaban J connectivity index is 1.50. The summed E-state index contributed by atoms with van der Waals surface area (Å²) in [6.07, 6.45) is 7.79. The fourth-order valence-electron chi connectivity index (χ4n) is 3.14. The summed E-state index contributed by atoms with van der Waals surface area (Å²) in [6.45, 7) is 7.97. The fraction of sp³-hybridized carbons (Fsp3) is 0.722. The van der Waals surface area contributed by atoms with Gasteiger partial charge in [0.2, 0.25) is 0 Å². The highest BCUT2D eigenvalue weighted by Crippen LogP contribution is 2.15. The van der Waals surface area contributed by atoms with Gasteiger partial charge in [-0.15, -0.1) is 0 Å². The van der Waals surface area contributed by atoms with Gasteiger partial charge >= 0.3 is 0 Å². The van der Waals surface area contributed by atoms with Crippen molar-refractivity contribution >= 4 is 5.96 Å². The number of rotatable bonds is 8. The lowest BCUT2D eigenvalue weighted by Crippen LogP contribution is -2.39. The van der Waals surface area contributed by atoms with Crippen molar-refractivity contribution in [2.24, 2.45) is 10.9 Å². The minimum absolute atomic E-state index is 0.832. The Labute approximate surface area is 140 Å². The van der Waals surface area contributed by atoms with E-state index in [4.69, 9.17) is 4.42 Å². The molecule has 1 aliphatic rings. The van der Waals surface area contributed by atoms with Crippen LogP contribution >= 0.6 is 0 Å². The topological polar surface area (TPSA) is 52.8 Å². The number of nitrogens with zero attached hydrogens (tertiary/aromatic N) is 2. The van der Waals surface area contributed by atoms with E-state index in [1.54, 1.807) is 6.26 Å². The summed E-state index contributed by atoms with van der Waals surface area (Å²) >= 11 is 0. The van der Waals surface area contributed by atoms with Gasteiger partial charge in [-0.05, 0) is 56.8 Å². The molecule has 1 atom stereocenters. The molecule has 0 aliphatic carbocycles. The molecular weight excluding hydrogens is 288 g/mol. The molecule has 23 heavy (non-hydrogen) atoms. The summed E-state index contributed by atoms with van der Waals surface area (Å²) in [5.74, 6) is 2.76. The number of guanidine groups is 1. The van der Waals surface area contributed by atoms with Crippen LogP contribution in [-0.4, -0.2) is 50.6 Å². The van der Waals surface area contributed by atoms with E-state index >= 15 is 0 Å². The smallest absolute Gasteiger partial charge is 0.190 e. The molecule has 1 fully saturated rings. The zero-order valence-corrected chi connectivity index (χ0v) is 14.7. The number of hydrogen-bond acceptors (Lipinski definition) is 3. The van der Waals surface area contributed by atoms with Crippen LogP contribution in [0.25, 0.3) is 0 Å². The van der Waals surface area contributed by atoms with Crippen LogP contribution in [0.1, 0.15) is 38.4 Å². The van der Waals surface area contributed by atoms with Crippen LogP contribution in [0, 0.1) is 5.92 Å². The first kappa shape index (κ1) is 17.9. The monoisotopic (exact) mass is 320 g/mol. The van der Waals surface area contributed by atoms with Crippen LogP contribution in [0.15, 0.2) is 27.8 Å². The van der Waals surface area contributed by atoms with E-state index < -0.39 is 0 Å². The number of likely N-dealkylation sites (tertiary alicyclic amines) is 1. The Kier molecular flexibility index (Phi) is 8.01. The van der Waals surface area contributed by atoms with Gasteiger partial charge in [0.25, 0.3) is 0 Å². The van der Waals surface area contributed by atoms with Gasteiger partial charge in [-0.3, -0.25) is 4.99 Å². The van der Waals surface area contributed by atoms with Crippen molar-refractivity contribution in [1.82, 2.24) is 15.5 Å². The summed E-state index contributed by atoms with van der Waals surface area (Å²) in [5, 5.41) is 6.71. The minimum atomic E-state index is 0.832. The van der Waals surface area contributed by atoms with E-state index in [1.807, 2.05) is 19.2 Å². The van der Waals surface area contributed by atoms with Gasteiger partial charge in [0.1, 0.15) is 5.76 Å². The molecule has 0 saturated carbocycles. The summed E-state index contributed by atoms with van der Waals surface area (Å²) < 4.78 is 5.32. The minimum Gasteiger partial charge on any atom is -0.469 e. The zero-order valence-electron chi connectivity index (χ0n) is 14.7. The highest BCUT2D eigenvalue weighted by molar-refractivity contribution is 5.79. The Bertz CT molecular complexity index is 444. The fourth-order valence-corrected chi connectivity index (χ4v) is 3.14. The number of hydrogen-bond donors (Lipinski definition) is 2. The van der Waals surface area contributed by atoms with Crippen molar-refractivity contribution in [2.45, 2.75) is 39.0 Å². The van der Waals surface area contributed by atoms with Gasteiger partial charge < -0.3 is 20.0 Å². The third-order valence-electron chi connectivity index (χ3n) is 4.40. The Morgan fingerprint density at radius 3 is 2.96 bits per heavy atom. The SMILES string of the molecule is CN=C(NCCCCN1CCCC(C)C1)NCCc1ccco1. The van der Waals surface area contributed by atoms with Crippen molar-refractivity contribution < 1.29 is 4.42 Å². The van der Waals surface area contributed by atoms with Crippen LogP contribution in [0.2, 0.25) is 0 Å². The van der Waals surface area contributed by atoms with Gasteiger partial charge in [0, 0.05) is 33.1 Å². The van der Waals surface area contributed by atoms with Crippen LogP contribution in [-0.2, 0) is 6.42 Å². The molecule has 1 aromatic heterocycles. The molecule has 2 heterocycles. The maximum Gasteiger partial charge on any atom is 0.190 e. The predicted octanol–water partition coefficient (Wildman–Crippen LogP) is 2.50. The van der Waals surface area contributed by atoms with Gasteiger partial charge in [0.15, 0.2) is 5.96 Å². The molecule has 0 aromatic carbocycles. The van der Waals surface area contributed by atoms with Crippen molar-refractivity contribution in [3.8, 4) is 0 Å². The molecule has 1 aromatic rings. The van der Waals surface area contributed by atoms with Crippen molar-refractivity contribution in [3.63, 3.8) is 0 Å². The summed E-state index contributed by atoms with van der Waals surface area (Å²) in [4.78, 5) is 6.87. The standard InChI is InChI=1S/C18H32N4O/c1-16-7-5-13-22(15-16)12-4-3-10-20-18(19-2)21-11-9-17-8-6-14-23-17/h6,8,14,16H,3-5,7,9-13,15H2,1-2H3,(H2,19,20,21). The average molecular weight is 320 g/mol. The van der Waals surface area contributed by atoms with Crippen LogP contribution in [0.5, 0.6) is 0 Å². The number of nitrogens with one attached hydrogen (secondary N) is 2. The van der Waals surface area contributed by atoms with Crippen molar-refractivity contribution in [2.75, 3.05) is 39.8 Å². The van der Waals surface area contributed by atoms with Gasteiger partial charge in [-0.25, -0.2) is 0 Å². The second-order valence-corrected chi connectivity index (χ2v) is 6.51. The zero-order chi connectivity index (χ0) is 16.3. The Morgan fingerprint density at radius 2 is 2.22 bits per heavy atom. The van der Waals surface area contributed by atoms with E-state index in [9.17, 15) is 0 Å². The second kappa shape index (κ2) is 10.3. The highest BCUT2D eigenvalue weighted by atomic mass is 16.3. The molecule has 130 valence electrons. The molecular formula is C18H32N4O. The molecule has 1 aliphatic heterocycles. The summed E-state index contributed by atoms with van der Waals surface area (Å²) in [7, 11) is 1.82. The lowest BCUT2D eigenvalue weighted by atomic mass is 10.0. The summed E-state index contributed by atoms with van der Waals surface area (Å²) in [6, 6.07) is 3.92. The lowest BCUT2D eigenvalue weighted by Gasteiger charge is -2.30. The average Bonchev–Trinajstić information content (AvgIpc) is 3.06. The van der Waals surface area contributed by atoms with Crippen LogP contribution in [0.4, 0.5) is 0 Å². The van der Waals surface area contributed by atoms with Crippen LogP contribution < -0.4 is 10.6 Å². The first-order valence-electron chi connectivity index (χ1n) is 8.97. The quantitative estimate of drug-likeness (QED) is 0.439. The first-order chi connectivity index (χ1) is 11.3. The summed E-state index contributed by atoms with van der Waals surface area (Å²) in [5.41, 5.74) is 0. The van der Waals surface area contributed by atoms with Gasteiger partial charge in [-0.2, -0.15) is 0 Å². The second-order valence-electron chi connectivity index (χ2n) is 6.51. The number of aliphatic imine (C=N–C) groups is 1. The molecule has 2 rings (SSSR count). The lowest BCUT2D eigenvalue weighted by molar-refractivity contribution is 0.181. The molecule has 1 unspecified atom stereocenters. The van der Waals surface area contributed by atoms with Gasteiger partial charge in [0.05, 0.1) is 6.26 Å². The largest absolute Gasteiger partial charge is 0.469 e. The third-order valence-corrected chi connectivity index (χ3v) is 4.40. The van der Waals surface area contributed by atoms with Crippen LogP contribution in [0.3, 0.4) is 0 Å². The highest BCUT2D eigenvalue weighted by Gasteiger charge is 2.15. The van der Waals surface area contributed by atoms with E-state index in [-0.39, 0.29) is 0 Å². The van der Waals surface area contributed by atoms with Gasteiger partial charge in [-0.1, -0.05) is 6.92 Å². The molecule has 2 N–H and O–H groups in total. The van der Waals surface area contributed by atoms with Crippen molar-refractivity contribution in [1.29, 1.82) is 0 Å². The molecule has 0 spiro atoms. The van der Waals surface area contributed by atoms with E-state index in [0.29, 0.717) is 0 Å². The van der Waals surface area contributed by atoms with E-state index in [2.05, 4.69) is 27.4 Å². The maximum atomic E-state index is 5.32.